The second kappa shape index (κ2) is 7.48. The molecule has 1 aliphatic heterocycles. The van der Waals surface area contributed by atoms with Crippen molar-refractivity contribution in [3.8, 4) is 0 Å². The number of nitrogens with two attached hydrogens (primary N) is 1. The minimum Gasteiger partial charge on any atom is -0.338 e. The molecule has 0 saturated heterocycles. The topological polar surface area (TPSA) is 46.3 Å². The largest absolute Gasteiger partial charge is 0.338 e. The van der Waals surface area contributed by atoms with Gasteiger partial charge in [-0.15, -0.1) is 12.4 Å². The molecule has 0 spiro atoms. The number of benzene rings is 1. The van der Waals surface area contributed by atoms with E-state index in [9.17, 15) is 4.79 Å². The zero-order valence-corrected chi connectivity index (χ0v) is 14.3. The van der Waals surface area contributed by atoms with Crippen LogP contribution in [-0.4, -0.2) is 23.9 Å². The van der Waals surface area contributed by atoms with Crippen molar-refractivity contribution < 1.29 is 4.79 Å². The number of hydrogen-bond acceptors (Lipinski definition) is 2. The Morgan fingerprint density at radius 1 is 1.38 bits per heavy atom. The number of halogens is 2. The van der Waals surface area contributed by atoms with E-state index in [2.05, 4.69) is 6.07 Å². The number of nitrogens with zero attached hydrogens (tertiary/aromatic N) is 1. The van der Waals surface area contributed by atoms with E-state index < -0.39 is 5.41 Å². The average Bonchev–Trinajstić information content (AvgIpc) is 2.49. The normalized spacial score (nSPS) is 14.4. The summed E-state index contributed by atoms with van der Waals surface area (Å²) in [5, 5.41) is 0.811. The van der Waals surface area contributed by atoms with Crippen molar-refractivity contribution >= 4 is 29.9 Å². The van der Waals surface area contributed by atoms with E-state index in [0.29, 0.717) is 13.1 Å². The van der Waals surface area contributed by atoms with E-state index in [-0.39, 0.29) is 18.3 Å². The van der Waals surface area contributed by atoms with Crippen molar-refractivity contribution in [2.24, 2.45) is 11.1 Å². The van der Waals surface area contributed by atoms with E-state index in [1.54, 1.807) is 0 Å². The van der Waals surface area contributed by atoms with E-state index in [1.807, 2.05) is 30.9 Å². The Morgan fingerprint density at radius 2 is 2.05 bits per heavy atom. The van der Waals surface area contributed by atoms with Crippen LogP contribution in [-0.2, 0) is 17.8 Å². The molecule has 0 radical (unpaired) electrons. The smallest absolute Gasteiger partial charge is 0.230 e. The summed E-state index contributed by atoms with van der Waals surface area (Å²) in [5.74, 6) is 0.190. The molecule has 118 valence electrons. The van der Waals surface area contributed by atoms with Gasteiger partial charge in [0, 0.05) is 24.7 Å². The molecule has 0 aliphatic carbocycles. The minimum atomic E-state index is -0.407. The first-order valence-electron chi connectivity index (χ1n) is 7.33. The fourth-order valence-corrected chi connectivity index (χ4v) is 3.29. The maximum atomic E-state index is 12.8. The highest BCUT2D eigenvalue weighted by atomic mass is 35.5. The summed E-state index contributed by atoms with van der Waals surface area (Å²) in [6.45, 7) is 5.89. The molecule has 2 N–H and O–H groups in total. The summed E-state index contributed by atoms with van der Waals surface area (Å²) >= 11 is 6.22. The molecule has 0 fully saturated rings. The van der Waals surface area contributed by atoms with E-state index >= 15 is 0 Å². The standard InChI is InChI=1S/C16H23ClN2O.ClH/c1-3-16(4-2,11-18)15(20)19-9-8-13-12(10-19)6-5-7-14(13)17;/h5-7H,3-4,8-11,18H2,1-2H3;1H. The molecule has 0 unspecified atom stereocenters. The number of fused-ring (bicyclic) bond motifs is 1. The summed E-state index contributed by atoms with van der Waals surface area (Å²) in [6, 6.07) is 5.92. The second-order valence-electron chi connectivity index (χ2n) is 5.55. The summed E-state index contributed by atoms with van der Waals surface area (Å²) in [6.07, 6.45) is 2.41. The summed E-state index contributed by atoms with van der Waals surface area (Å²) in [5.41, 5.74) is 7.83. The third-order valence-corrected chi connectivity index (χ3v) is 5.05. The molecule has 5 heteroatoms. The van der Waals surface area contributed by atoms with Crippen molar-refractivity contribution in [2.45, 2.75) is 39.7 Å². The van der Waals surface area contributed by atoms with Gasteiger partial charge in [0.2, 0.25) is 5.91 Å². The van der Waals surface area contributed by atoms with Crippen LogP contribution in [0.1, 0.15) is 37.8 Å². The van der Waals surface area contributed by atoms with Crippen molar-refractivity contribution in [1.29, 1.82) is 0 Å². The minimum absolute atomic E-state index is 0. The van der Waals surface area contributed by atoms with Gasteiger partial charge in [-0.05, 0) is 36.5 Å². The molecule has 21 heavy (non-hydrogen) atoms. The van der Waals surface area contributed by atoms with E-state index in [0.717, 1.165) is 36.4 Å². The van der Waals surface area contributed by atoms with Crippen LogP contribution in [0, 0.1) is 5.41 Å². The van der Waals surface area contributed by atoms with Gasteiger partial charge in [-0.1, -0.05) is 37.6 Å². The molecule has 0 aromatic heterocycles. The molecule has 1 heterocycles. The number of rotatable bonds is 4. The zero-order chi connectivity index (χ0) is 14.8. The van der Waals surface area contributed by atoms with Crippen LogP contribution in [0.5, 0.6) is 0 Å². The molecule has 1 aromatic rings. The van der Waals surface area contributed by atoms with Gasteiger partial charge in [0.15, 0.2) is 0 Å². The van der Waals surface area contributed by atoms with Crippen LogP contribution in [0.3, 0.4) is 0 Å². The van der Waals surface area contributed by atoms with Gasteiger partial charge < -0.3 is 10.6 Å². The van der Waals surface area contributed by atoms with Gasteiger partial charge in [-0.3, -0.25) is 4.79 Å². The van der Waals surface area contributed by atoms with Crippen molar-refractivity contribution in [3.05, 3.63) is 34.3 Å². The Kier molecular flexibility index (Phi) is 6.51. The molecule has 0 saturated carbocycles. The third kappa shape index (κ3) is 3.36. The number of carbonyl (C=O) groups excluding carboxylic acids is 1. The molecular formula is C16H24Cl2N2O. The maximum absolute atomic E-state index is 12.8. The Balaban J connectivity index is 0.00000220. The lowest BCUT2D eigenvalue weighted by atomic mass is 9.80. The highest BCUT2D eigenvalue weighted by Gasteiger charge is 2.37. The molecule has 1 aliphatic rings. The maximum Gasteiger partial charge on any atom is 0.230 e. The Morgan fingerprint density at radius 3 is 2.62 bits per heavy atom. The molecule has 1 aromatic carbocycles. The van der Waals surface area contributed by atoms with Gasteiger partial charge in [0.25, 0.3) is 0 Å². The molecule has 0 atom stereocenters. The van der Waals surface area contributed by atoms with Gasteiger partial charge in [0.1, 0.15) is 0 Å². The zero-order valence-electron chi connectivity index (χ0n) is 12.7. The van der Waals surface area contributed by atoms with E-state index in [1.165, 1.54) is 5.56 Å². The lowest BCUT2D eigenvalue weighted by molar-refractivity contribution is -0.143. The van der Waals surface area contributed by atoms with Gasteiger partial charge in [0.05, 0.1) is 5.41 Å². The van der Waals surface area contributed by atoms with Crippen LogP contribution in [0.2, 0.25) is 5.02 Å². The summed E-state index contributed by atoms with van der Waals surface area (Å²) in [7, 11) is 0. The fraction of sp³-hybridized carbons (Fsp3) is 0.562. The monoisotopic (exact) mass is 330 g/mol. The van der Waals surface area contributed by atoms with Crippen molar-refractivity contribution in [2.75, 3.05) is 13.1 Å². The summed E-state index contributed by atoms with van der Waals surface area (Å²) in [4.78, 5) is 14.8. The first kappa shape index (κ1) is 18.3. The van der Waals surface area contributed by atoms with Crippen LogP contribution < -0.4 is 5.73 Å². The van der Waals surface area contributed by atoms with Crippen LogP contribution in [0.4, 0.5) is 0 Å². The predicted octanol–water partition coefficient (Wildman–Crippen LogP) is 3.41. The molecule has 2 rings (SSSR count). The lowest BCUT2D eigenvalue weighted by Crippen LogP contribution is -2.49. The van der Waals surface area contributed by atoms with Crippen molar-refractivity contribution in [3.63, 3.8) is 0 Å². The second-order valence-corrected chi connectivity index (χ2v) is 5.95. The highest BCUT2D eigenvalue weighted by molar-refractivity contribution is 6.31. The number of amides is 1. The quantitative estimate of drug-likeness (QED) is 0.919. The predicted molar refractivity (Wildman–Crippen MR) is 89.9 cm³/mol. The Labute approximate surface area is 138 Å². The molecule has 3 nitrogen and oxygen atoms in total. The first-order chi connectivity index (χ1) is 9.57. The van der Waals surface area contributed by atoms with Crippen LogP contribution >= 0.6 is 24.0 Å². The average molecular weight is 331 g/mol. The number of carbonyl (C=O) groups is 1. The third-order valence-electron chi connectivity index (χ3n) is 4.69. The van der Waals surface area contributed by atoms with Crippen LogP contribution in [0.15, 0.2) is 18.2 Å². The highest BCUT2D eigenvalue weighted by Crippen LogP contribution is 2.32. The lowest BCUT2D eigenvalue weighted by Gasteiger charge is -2.38. The van der Waals surface area contributed by atoms with Gasteiger partial charge >= 0.3 is 0 Å². The van der Waals surface area contributed by atoms with Gasteiger partial charge in [-0.2, -0.15) is 0 Å². The van der Waals surface area contributed by atoms with Crippen molar-refractivity contribution in [1.82, 2.24) is 4.90 Å². The molecule has 0 bridgehead atoms. The summed E-state index contributed by atoms with van der Waals surface area (Å²) < 4.78 is 0. The van der Waals surface area contributed by atoms with Crippen LogP contribution in [0.25, 0.3) is 0 Å². The fourth-order valence-electron chi connectivity index (χ4n) is 3.00. The Hall–Kier alpha value is -0.770. The SMILES string of the molecule is CCC(CC)(CN)C(=O)N1CCc2c(Cl)cccc2C1.Cl. The van der Waals surface area contributed by atoms with E-state index in [4.69, 9.17) is 17.3 Å². The molecular weight excluding hydrogens is 307 g/mol. The first-order valence-corrected chi connectivity index (χ1v) is 7.71. The Bertz CT molecular complexity index is 493. The molecule has 1 amide bonds. The van der Waals surface area contributed by atoms with Gasteiger partial charge in [-0.25, -0.2) is 0 Å². The number of hydrogen-bond donors (Lipinski definition) is 1.